The fourth-order valence-corrected chi connectivity index (χ4v) is 4.08. The van der Waals surface area contributed by atoms with Gasteiger partial charge in [0.1, 0.15) is 18.4 Å². The largest absolute Gasteiger partial charge is 0.493 e. The summed E-state index contributed by atoms with van der Waals surface area (Å²) in [6.07, 6.45) is 0.886. The molecule has 2 aromatic rings. The Hall–Kier alpha value is -2.80. The molecule has 0 aliphatic carbocycles. The second-order valence-corrected chi connectivity index (χ2v) is 9.01. The third-order valence-electron chi connectivity index (χ3n) is 5.53. The highest BCUT2D eigenvalue weighted by Crippen LogP contribution is 2.34. The van der Waals surface area contributed by atoms with Crippen LogP contribution in [0.5, 0.6) is 11.5 Å². The number of methoxy groups -OCH3 is 2. The highest BCUT2D eigenvalue weighted by Gasteiger charge is 2.33. The zero-order valence-corrected chi connectivity index (χ0v) is 19.0. The fourth-order valence-electron chi connectivity index (χ4n) is 4.08. The van der Waals surface area contributed by atoms with E-state index in [0.717, 1.165) is 30.6 Å². The number of hydrogen-bond donors (Lipinski definition) is 3. The fraction of sp³-hybridized carbons (Fsp3) is 0.458. The van der Waals surface area contributed by atoms with Crippen molar-refractivity contribution in [2.45, 2.75) is 45.3 Å². The van der Waals surface area contributed by atoms with Crippen molar-refractivity contribution in [3.8, 4) is 11.5 Å². The van der Waals surface area contributed by atoms with Gasteiger partial charge in [0.2, 0.25) is 0 Å². The first-order valence-electron chi connectivity index (χ1n) is 10.6. The standard InChI is InChI=1S/C24H32FN3O3/c1-24(2,3)27-23(29)26-14-20-19-13-22(31-5)21(30-4)12-17(19)10-11-28(20)15-16-6-8-18(25)9-7-16/h6-9,12-13,20H,10-11,14-15H2,1-5H3,(H2,26,27,29)/p+1/t20-/m1/s1. The van der Waals surface area contributed by atoms with Crippen LogP contribution in [0.15, 0.2) is 36.4 Å². The zero-order valence-electron chi connectivity index (χ0n) is 19.0. The molecule has 31 heavy (non-hydrogen) atoms. The van der Waals surface area contributed by atoms with E-state index in [2.05, 4.69) is 10.6 Å². The summed E-state index contributed by atoms with van der Waals surface area (Å²) < 4.78 is 24.4. The smallest absolute Gasteiger partial charge is 0.315 e. The van der Waals surface area contributed by atoms with E-state index < -0.39 is 0 Å². The number of urea groups is 1. The molecule has 0 spiro atoms. The average molecular weight is 431 g/mol. The number of nitrogens with one attached hydrogen (secondary N) is 3. The molecular weight excluding hydrogens is 397 g/mol. The molecule has 0 radical (unpaired) electrons. The Labute approximate surface area is 183 Å². The van der Waals surface area contributed by atoms with Crippen molar-refractivity contribution in [1.82, 2.24) is 10.6 Å². The number of rotatable bonds is 6. The van der Waals surface area contributed by atoms with E-state index in [1.807, 2.05) is 45.0 Å². The van der Waals surface area contributed by atoms with Crippen LogP contribution in [0.4, 0.5) is 9.18 Å². The number of halogens is 1. The molecule has 1 unspecified atom stereocenters. The first-order valence-corrected chi connectivity index (χ1v) is 10.6. The van der Waals surface area contributed by atoms with Crippen LogP contribution in [0, 0.1) is 5.82 Å². The van der Waals surface area contributed by atoms with E-state index in [1.165, 1.54) is 22.6 Å². The van der Waals surface area contributed by atoms with Crippen LogP contribution in [-0.2, 0) is 13.0 Å². The molecule has 0 saturated heterocycles. The molecule has 2 aromatic carbocycles. The predicted molar refractivity (Wildman–Crippen MR) is 118 cm³/mol. The van der Waals surface area contributed by atoms with Crippen molar-refractivity contribution in [2.75, 3.05) is 27.3 Å². The van der Waals surface area contributed by atoms with Crippen LogP contribution in [0.1, 0.15) is 43.5 Å². The summed E-state index contributed by atoms with van der Waals surface area (Å²) in [5, 5.41) is 5.99. The summed E-state index contributed by atoms with van der Waals surface area (Å²) in [6.45, 7) is 7.96. The lowest BCUT2D eigenvalue weighted by Gasteiger charge is -2.35. The highest BCUT2D eigenvalue weighted by molar-refractivity contribution is 5.74. The second kappa shape index (κ2) is 9.56. The summed E-state index contributed by atoms with van der Waals surface area (Å²) in [4.78, 5) is 13.7. The normalized spacial score (nSPS) is 18.1. The van der Waals surface area contributed by atoms with E-state index in [9.17, 15) is 9.18 Å². The number of quaternary nitrogens is 1. The van der Waals surface area contributed by atoms with Gasteiger partial charge in [0.15, 0.2) is 11.5 Å². The number of benzene rings is 2. The first kappa shape index (κ1) is 22.9. The van der Waals surface area contributed by atoms with Crippen molar-refractivity contribution >= 4 is 6.03 Å². The van der Waals surface area contributed by atoms with Crippen molar-refractivity contribution in [1.29, 1.82) is 0 Å². The van der Waals surface area contributed by atoms with Gasteiger partial charge in [-0.1, -0.05) is 12.1 Å². The van der Waals surface area contributed by atoms with E-state index in [-0.39, 0.29) is 23.4 Å². The number of carbonyl (C=O) groups excluding carboxylic acids is 1. The molecule has 1 aliphatic heterocycles. The second-order valence-electron chi connectivity index (χ2n) is 9.01. The van der Waals surface area contributed by atoms with Crippen molar-refractivity contribution < 1.29 is 23.6 Å². The van der Waals surface area contributed by atoms with Crippen LogP contribution in [0.25, 0.3) is 0 Å². The van der Waals surface area contributed by atoms with E-state index in [4.69, 9.17) is 9.47 Å². The van der Waals surface area contributed by atoms with E-state index >= 15 is 0 Å². The molecule has 0 fully saturated rings. The molecule has 0 saturated carbocycles. The van der Waals surface area contributed by atoms with Gasteiger partial charge in [0.05, 0.1) is 27.3 Å². The van der Waals surface area contributed by atoms with Crippen molar-refractivity contribution in [3.05, 3.63) is 58.9 Å². The molecule has 3 rings (SSSR count). The minimum Gasteiger partial charge on any atom is -0.493 e. The molecule has 0 bridgehead atoms. The minimum atomic E-state index is -0.314. The number of amides is 2. The van der Waals surface area contributed by atoms with Gasteiger partial charge in [-0.2, -0.15) is 0 Å². The Balaban J connectivity index is 1.88. The number of hydrogen-bond acceptors (Lipinski definition) is 3. The lowest BCUT2D eigenvalue weighted by atomic mass is 9.91. The average Bonchev–Trinajstić information content (AvgIpc) is 2.72. The zero-order chi connectivity index (χ0) is 22.6. The van der Waals surface area contributed by atoms with Gasteiger partial charge < -0.3 is 25.0 Å². The Morgan fingerprint density at radius 1 is 1.13 bits per heavy atom. The van der Waals surface area contributed by atoms with Gasteiger partial charge in [-0.3, -0.25) is 0 Å². The Morgan fingerprint density at radius 2 is 1.77 bits per heavy atom. The van der Waals surface area contributed by atoms with E-state index in [0.29, 0.717) is 18.0 Å². The number of fused-ring (bicyclic) bond motifs is 1. The molecule has 2 atom stereocenters. The van der Waals surface area contributed by atoms with Crippen LogP contribution in [-0.4, -0.2) is 38.9 Å². The highest BCUT2D eigenvalue weighted by atomic mass is 19.1. The molecule has 7 heteroatoms. The maximum atomic E-state index is 13.4. The maximum Gasteiger partial charge on any atom is 0.315 e. The quantitative estimate of drug-likeness (QED) is 0.660. The number of ether oxygens (including phenoxy) is 2. The molecule has 6 nitrogen and oxygen atoms in total. The third-order valence-corrected chi connectivity index (χ3v) is 5.53. The van der Waals surface area contributed by atoms with Gasteiger partial charge in [0.25, 0.3) is 0 Å². The topological polar surface area (TPSA) is 64.0 Å². The molecule has 0 aromatic heterocycles. The molecular formula is C24H33FN3O3+. The van der Waals surface area contributed by atoms with Crippen LogP contribution in [0.2, 0.25) is 0 Å². The monoisotopic (exact) mass is 430 g/mol. The summed E-state index contributed by atoms with van der Waals surface area (Å²) in [7, 11) is 3.26. The van der Waals surface area contributed by atoms with Crippen molar-refractivity contribution in [3.63, 3.8) is 0 Å². The number of carbonyl (C=O) groups is 1. The lowest BCUT2D eigenvalue weighted by Crippen LogP contribution is -3.12. The van der Waals surface area contributed by atoms with Gasteiger partial charge in [0, 0.05) is 23.1 Å². The van der Waals surface area contributed by atoms with Gasteiger partial charge in [-0.15, -0.1) is 0 Å². The van der Waals surface area contributed by atoms with Crippen molar-refractivity contribution in [2.24, 2.45) is 0 Å². The summed E-state index contributed by atoms with van der Waals surface area (Å²) in [5.74, 6) is 1.14. The minimum absolute atomic E-state index is 0.0272. The molecule has 1 heterocycles. The summed E-state index contributed by atoms with van der Waals surface area (Å²) in [5.41, 5.74) is 3.08. The maximum absolute atomic E-state index is 13.4. The van der Waals surface area contributed by atoms with Gasteiger partial charge in [-0.25, -0.2) is 9.18 Å². The Bertz CT molecular complexity index is 910. The molecule has 1 aliphatic rings. The summed E-state index contributed by atoms with van der Waals surface area (Å²) in [6, 6.07) is 10.5. The van der Waals surface area contributed by atoms with Crippen LogP contribution in [0.3, 0.4) is 0 Å². The van der Waals surface area contributed by atoms with E-state index in [1.54, 1.807) is 14.2 Å². The molecule has 2 amide bonds. The Kier molecular flexibility index (Phi) is 7.05. The van der Waals surface area contributed by atoms with Gasteiger partial charge in [-0.05, 0) is 50.6 Å². The Morgan fingerprint density at radius 3 is 2.39 bits per heavy atom. The molecule has 168 valence electrons. The SMILES string of the molecule is COc1cc2c(cc1OC)[C@@H](CNC(=O)NC(C)(C)C)[NH+](Cc1ccc(F)cc1)CC2. The molecule has 3 N–H and O–H groups in total. The van der Waals surface area contributed by atoms with Crippen LogP contribution < -0.4 is 25.0 Å². The lowest BCUT2D eigenvalue weighted by molar-refractivity contribution is -0.945. The first-order chi connectivity index (χ1) is 14.7. The third kappa shape index (κ3) is 5.88. The van der Waals surface area contributed by atoms with Gasteiger partial charge >= 0.3 is 6.03 Å². The summed E-state index contributed by atoms with van der Waals surface area (Å²) >= 11 is 0. The van der Waals surface area contributed by atoms with Crippen LogP contribution >= 0.6 is 0 Å². The predicted octanol–water partition coefficient (Wildman–Crippen LogP) is 2.62.